The van der Waals surface area contributed by atoms with Gasteiger partial charge in [-0.1, -0.05) is 18.2 Å². The van der Waals surface area contributed by atoms with E-state index < -0.39 is 9.74 Å². The molecule has 0 aliphatic carbocycles. The number of para-hydroxylation sites is 1. The Labute approximate surface area is 148 Å². The van der Waals surface area contributed by atoms with Gasteiger partial charge in [-0.25, -0.2) is 0 Å². The maximum atomic E-state index is 5.83. The summed E-state index contributed by atoms with van der Waals surface area (Å²) < 4.78 is 5.78. The predicted octanol–water partition coefficient (Wildman–Crippen LogP) is 4.40. The molecule has 0 amide bonds. The maximum absolute atomic E-state index is 5.83. The van der Waals surface area contributed by atoms with Gasteiger partial charge in [0.15, 0.2) is 0 Å². The first-order valence-electron chi connectivity index (χ1n) is 6.86. The van der Waals surface area contributed by atoms with Crippen LogP contribution in [0.3, 0.4) is 0 Å². The van der Waals surface area contributed by atoms with Crippen LogP contribution in [0, 0.1) is 0 Å². The summed E-state index contributed by atoms with van der Waals surface area (Å²) >= 11 is 17.1. The molecule has 118 valence electrons. The van der Waals surface area contributed by atoms with E-state index in [2.05, 4.69) is 4.90 Å². The fraction of sp³-hybridized carbons (Fsp3) is 0.250. The Morgan fingerprint density at radius 2 is 1.50 bits per heavy atom. The highest BCUT2D eigenvalue weighted by atomic mass is 35.5. The van der Waals surface area contributed by atoms with Crippen molar-refractivity contribution in [1.29, 1.82) is 0 Å². The van der Waals surface area contributed by atoms with Crippen molar-refractivity contribution in [2.24, 2.45) is 0 Å². The molecule has 22 heavy (non-hydrogen) atoms. The van der Waals surface area contributed by atoms with E-state index in [0.29, 0.717) is 11.8 Å². The van der Waals surface area contributed by atoms with Crippen LogP contribution in [-0.4, -0.2) is 24.8 Å². The van der Waals surface area contributed by atoms with Crippen molar-refractivity contribution in [3.05, 3.63) is 54.6 Å². The molecular weight excluding hydrogens is 357 g/mol. The minimum atomic E-state index is -0.701. The highest BCUT2D eigenvalue weighted by Gasteiger charge is 2.07. The Bertz CT molecular complexity index is 587. The van der Waals surface area contributed by atoms with Crippen molar-refractivity contribution in [2.45, 2.75) is 4.90 Å². The quantitative estimate of drug-likeness (QED) is 0.636. The topological polar surface area (TPSA) is 12.5 Å². The van der Waals surface area contributed by atoms with E-state index in [1.807, 2.05) is 54.6 Å². The zero-order chi connectivity index (χ0) is 15.8. The van der Waals surface area contributed by atoms with E-state index in [4.69, 9.17) is 38.6 Å². The Hall–Kier alpha value is -0.810. The Kier molecular flexibility index (Phi) is 7.46. The van der Waals surface area contributed by atoms with Crippen LogP contribution in [0.5, 0.6) is 5.75 Å². The normalized spacial score (nSPS) is 11.9. The minimum Gasteiger partial charge on any atom is -0.419 e. The molecule has 0 aromatic heterocycles. The second-order valence-electron chi connectivity index (χ2n) is 4.49. The summed E-state index contributed by atoms with van der Waals surface area (Å²) in [6, 6.07) is 17.7. The number of alkyl halides is 2. The third kappa shape index (κ3) is 5.13. The molecule has 6 heteroatoms. The van der Waals surface area contributed by atoms with Gasteiger partial charge in [-0.05, 0) is 47.6 Å². The van der Waals surface area contributed by atoms with Gasteiger partial charge in [0.25, 0.3) is 0 Å². The molecule has 0 saturated heterocycles. The number of nitrogens with zero attached hydrogens (tertiary/aromatic N) is 1. The van der Waals surface area contributed by atoms with Gasteiger partial charge >= 0.3 is 0 Å². The van der Waals surface area contributed by atoms with E-state index in [0.717, 1.165) is 29.4 Å². The van der Waals surface area contributed by atoms with E-state index in [-0.39, 0.29) is 0 Å². The van der Waals surface area contributed by atoms with Gasteiger partial charge in [0.05, 0.1) is 9.74 Å². The lowest BCUT2D eigenvalue weighted by Gasteiger charge is -2.23. The summed E-state index contributed by atoms with van der Waals surface area (Å²) in [5.41, 5.74) is 1.09. The van der Waals surface area contributed by atoms with Crippen molar-refractivity contribution < 1.29 is 4.18 Å². The third-order valence-electron chi connectivity index (χ3n) is 3.02. The highest BCUT2D eigenvalue weighted by Crippen LogP contribution is 2.20. The van der Waals surface area contributed by atoms with E-state index >= 15 is 0 Å². The van der Waals surface area contributed by atoms with Crippen LogP contribution >= 0.6 is 23.2 Å². The van der Waals surface area contributed by atoms with Crippen molar-refractivity contribution in [3.8, 4) is 5.75 Å². The Morgan fingerprint density at radius 1 is 0.909 bits per heavy atom. The SMILES string of the molecule is S=[S@](Oc1ccccc1)c1ccc(N(CCCl)CCCl)cc1. The van der Waals surface area contributed by atoms with Crippen LogP contribution in [-0.2, 0) is 20.9 Å². The standard InChI is InChI=1S/C16H17Cl2NOS2/c17-10-12-19(13-11-18)14-6-8-16(9-7-14)22(21)20-15-4-2-1-3-5-15/h1-9H,10-13H2/t22-/m0/s1. The first kappa shape index (κ1) is 17.5. The van der Waals surface area contributed by atoms with Crippen molar-refractivity contribution in [2.75, 3.05) is 29.7 Å². The van der Waals surface area contributed by atoms with Crippen LogP contribution in [0.1, 0.15) is 0 Å². The lowest BCUT2D eigenvalue weighted by atomic mass is 10.3. The summed E-state index contributed by atoms with van der Waals surface area (Å²) in [5.74, 6) is 1.93. The van der Waals surface area contributed by atoms with Gasteiger partial charge < -0.3 is 9.08 Å². The smallest absolute Gasteiger partial charge is 0.138 e. The maximum Gasteiger partial charge on any atom is 0.138 e. The molecule has 2 rings (SSSR count). The third-order valence-corrected chi connectivity index (χ3v) is 5.14. The van der Waals surface area contributed by atoms with Crippen LogP contribution in [0.25, 0.3) is 0 Å². The van der Waals surface area contributed by atoms with Crippen molar-refractivity contribution >= 4 is 49.8 Å². The summed E-state index contributed by atoms with van der Waals surface area (Å²) in [7, 11) is -0.701. The summed E-state index contributed by atoms with van der Waals surface area (Å²) in [5, 5.41) is 0. The van der Waals surface area contributed by atoms with E-state index in [9.17, 15) is 0 Å². The monoisotopic (exact) mass is 373 g/mol. The molecule has 0 aliphatic heterocycles. The molecule has 2 nitrogen and oxygen atoms in total. The van der Waals surface area contributed by atoms with Crippen LogP contribution < -0.4 is 9.08 Å². The van der Waals surface area contributed by atoms with Gasteiger partial charge in [0.2, 0.25) is 0 Å². The highest BCUT2D eigenvalue weighted by molar-refractivity contribution is 8.26. The number of hydrogen-bond donors (Lipinski definition) is 0. The van der Waals surface area contributed by atoms with Crippen LogP contribution in [0.15, 0.2) is 59.5 Å². The number of hydrogen-bond acceptors (Lipinski definition) is 3. The fourth-order valence-electron chi connectivity index (χ4n) is 1.95. The minimum absolute atomic E-state index is 0.571. The predicted molar refractivity (Wildman–Crippen MR) is 100 cm³/mol. The first-order chi connectivity index (χ1) is 10.7. The van der Waals surface area contributed by atoms with E-state index in [1.54, 1.807) is 0 Å². The van der Waals surface area contributed by atoms with Gasteiger partial charge in [0, 0.05) is 35.4 Å². The number of rotatable bonds is 8. The fourth-order valence-corrected chi connectivity index (χ4v) is 3.67. The molecule has 0 heterocycles. The lowest BCUT2D eigenvalue weighted by Crippen LogP contribution is -2.27. The number of anilines is 1. The summed E-state index contributed by atoms with van der Waals surface area (Å²) in [6.07, 6.45) is 0. The number of halogens is 2. The van der Waals surface area contributed by atoms with Gasteiger partial charge in [0.1, 0.15) is 5.75 Å². The molecule has 0 aliphatic rings. The molecule has 2 aromatic carbocycles. The molecule has 2 aromatic rings. The molecular formula is C16H17Cl2NOS2. The molecule has 0 N–H and O–H groups in total. The Balaban J connectivity index is 2.05. The van der Waals surface area contributed by atoms with Gasteiger partial charge in [-0.15, -0.1) is 23.2 Å². The average Bonchev–Trinajstić information content (AvgIpc) is 2.56. The van der Waals surface area contributed by atoms with Crippen molar-refractivity contribution in [3.63, 3.8) is 0 Å². The van der Waals surface area contributed by atoms with Crippen molar-refractivity contribution in [1.82, 2.24) is 0 Å². The van der Waals surface area contributed by atoms with Crippen LogP contribution in [0.2, 0.25) is 0 Å². The largest absolute Gasteiger partial charge is 0.419 e. The molecule has 0 fully saturated rings. The zero-order valence-corrected chi connectivity index (χ0v) is 15.1. The van der Waals surface area contributed by atoms with E-state index in [1.165, 1.54) is 0 Å². The summed E-state index contributed by atoms with van der Waals surface area (Å²) in [4.78, 5) is 3.14. The average molecular weight is 374 g/mol. The molecule has 1 atom stereocenters. The molecule has 0 bridgehead atoms. The number of benzene rings is 2. The molecule has 0 unspecified atom stereocenters. The molecule has 0 spiro atoms. The second-order valence-corrected chi connectivity index (χ2v) is 7.26. The summed E-state index contributed by atoms with van der Waals surface area (Å²) in [6.45, 7) is 1.54. The Morgan fingerprint density at radius 3 is 2.05 bits per heavy atom. The second kappa shape index (κ2) is 9.36. The van der Waals surface area contributed by atoms with Crippen LogP contribution in [0.4, 0.5) is 5.69 Å². The van der Waals surface area contributed by atoms with Gasteiger partial charge in [-0.3, -0.25) is 0 Å². The molecule has 0 saturated carbocycles. The molecule has 0 radical (unpaired) electrons. The zero-order valence-electron chi connectivity index (χ0n) is 12.0. The first-order valence-corrected chi connectivity index (χ1v) is 10.0. The van der Waals surface area contributed by atoms with Gasteiger partial charge in [-0.2, -0.15) is 0 Å². The lowest BCUT2D eigenvalue weighted by molar-refractivity contribution is 0.639.